The maximum atomic E-state index is 5.99. The highest BCUT2D eigenvalue weighted by Crippen LogP contribution is 2.40. The van der Waals surface area contributed by atoms with E-state index in [0.717, 1.165) is 23.8 Å². The highest BCUT2D eigenvalue weighted by Gasteiger charge is 2.23. The van der Waals surface area contributed by atoms with Gasteiger partial charge in [0.25, 0.3) is 0 Å². The summed E-state index contributed by atoms with van der Waals surface area (Å²) in [5.74, 6) is 2.36. The number of benzene rings is 2. The van der Waals surface area contributed by atoms with Crippen molar-refractivity contribution in [2.24, 2.45) is 7.05 Å². The van der Waals surface area contributed by atoms with Crippen molar-refractivity contribution in [3.05, 3.63) is 77.1 Å². The molecule has 1 aliphatic rings. The number of imidazole rings is 1. The second-order valence-corrected chi connectivity index (χ2v) is 7.18. The summed E-state index contributed by atoms with van der Waals surface area (Å²) in [4.78, 5) is 4.59. The highest BCUT2D eigenvalue weighted by molar-refractivity contribution is 5.38. The largest absolute Gasteiger partial charge is 0.497 e. The molecule has 0 amide bonds. The van der Waals surface area contributed by atoms with Gasteiger partial charge < -0.3 is 15.0 Å². The third-order valence-electron chi connectivity index (χ3n) is 5.27. The number of hydrogen-bond donors (Lipinski definition) is 1. The number of rotatable bonds is 6. The first-order valence-corrected chi connectivity index (χ1v) is 9.15. The number of ether oxygens (including phenoxy) is 1. The second-order valence-electron chi connectivity index (χ2n) is 7.18. The minimum absolute atomic E-state index is 0.163. The van der Waals surface area contributed by atoms with Crippen LogP contribution in [-0.2, 0) is 13.5 Å². The standard InChI is InChI=1S/C22H25N3O/c1-25-14-21(24-22(25)23)20(18-9-11-19(26-2)12-10-18)13-15-3-5-16(6-4-15)17-7-8-17/h3-6,9-12,14,17,20H,7-8,13H2,1-2H3,(H2,23,24). The Kier molecular flexibility index (Phi) is 4.41. The zero-order chi connectivity index (χ0) is 18.1. The van der Waals surface area contributed by atoms with Gasteiger partial charge >= 0.3 is 0 Å². The van der Waals surface area contributed by atoms with Gasteiger partial charge in [-0.1, -0.05) is 36.4 Å². The van der Waals surface area contributed by atoms with Crippen molar-refractivity contribution in [2.45, 2.75) is 31.1 Å². The molecule has 26 heavy (non-hydrogen) atoms. The number of nitrogens with two attached hydrogens (primary N) is 1. The SMILES string of the molecule is COc1ccc(C(Cc2ccc(C3CC3)cc2)c2cn(C)c(N)n2)cc1. The molecule has 1 unspecified atom stereocenters. The van der Waals surface area contributed by atoms with Gasteiger partial charge in [0, 0.05) is 19.2 Å². The minimum atomic E-state index is 0.163. The average Bonchev–Trinajstić information content (AvgIpc) is 3.46. The van der Waals surface area contributed by atoms with Crippen molar-refractivity contribution < 1.29 is 4.74 Å². The fourth-order valence-electron chi connectivity index (χ4n) is 3.48. The molecule has 0 bridgehead atoms. The summed E-state index contributed by atoms with van der Waals surface area (Å²) < 4.78 is 7.17. The molecule has 134 valence electrons. The van der Waals surface area contributed by atoms with Crippen LogP contribution < -0.4 is 10.5 Å². The Balaban J connectivity index is 1.64. The van der Waals surface area contributed by atoms with Crippen LogP contribution in [0.5, 0.6) is 5.75 Å². The fraction of sp³-hybridized carbons (Fsp3) is 0.318. The van der Waals surface area contributed by atoms with Gasteiger partial charge in [-0.15, -0.1) is 0 Å². The molecule has 0 radical (unpaired) electrons. The topological polar surface area (TPSA) is 53.1 Å². The molecule has 1 aliphatic carbocycles. The third-order valence-corrected chi connectivity index (χ3v) is 5.27. The van der Waals surface area contributed by atoms with Crippen LogP contribution in [0.1, 0.15) is 47.1 Å². The lowest BCUT2D eigenvalue weighted by Crippen LogP contribution is -2.06. The van der Waals surface area contributed by atoms with E-state index in [4.69, 9.17) is 10.5 Å². The van der Waals surface area contributed by atoms with E-state index in [1.54, 1.807) is 7.11 Å². The molecule has 2 aromatic carbocycles. The molecule has 1 saturated carbocycles. The minimum Gasteiger partial charge on any atom is -0.497 e. The Hall–Kier alpha value is -2.75. The van der Waals surface area contributed by atoms with E-state index < -0.39 is 0 Å². The lowest BCUT2D eigenvalue weighted by atomic mass is 9.89. The maximum absolute atomic E-state index is 5.99. The number of nitrogen functional groups attached to an aromatic ring is 1. The number of aromatic nitrogens is 2. The first-order chi connectivity index (χ1) is 12.6. The van der Waals surface area contributed by atoms with E-state index in [0.29, 0.717) is 5.95 Å². The van der Waals surface area contributed by atoms with Crippen molar-refractivity contribution in [3.63, 3.8) is 0 Å². The number of anilines is 1. The summed E-state index contributed by atoms with van der Waals surface area (Å²) in [6, 6.07) is 17.3. The number of hydrogen-bond acceptors (Lipinski definition) is 3. The summed E-state index contributed by atoms with van der Waals surface area (Å²) >= 11 is 0. The normalized spacial score (nSPS) is 15.0. The predicted octanol–water partition coefficient (Wildman–Crippen LogP) is 4.26. The molecule has 3 aromatic rings. The Bertz CT molecular complexity index is 857. The second kappa shape index (κ2) is 6.87. The summed E-state index contributed by atoms with van der Waals surface area (Å²) in [5, 5.41) is 0. The zero-order valence-electron chi connectivity index (χ0n) is 15.4. The molecule has 4 heteroatoms. The van der Waals surface area contributed by atoms with E-state index in [-0.39, 0.29) is 5.92 Å². The summed E-state index contributed by atoms with van der Waals surface area (Å²) in [6.45, 7) is 0. The molecule has 2 N–H and O–H groups in total. The van der Waals surface area contributed by atoms with Gasteiger partial charge in [-0.25, -0.2) is 4.98 Å². The zero-order valence-corrected chi connectivity index (χ0v) is 15.4. The van der Waals surface area contributed by atoms with Crippen LogP contribution in [-0.4, -0.2) is 16.7 Å². The van der Waals surface area contributed by atoms with E-state index in [1.807, 2.05) is 29.9 Å². The number of aryl methyl sites for hydroxylation is 1. The number of methoxy groups -OCH3 is 1. The molecule has 1 fully saturated rings. The monoisotopic (exact) mass is 347 g/mol. The smallest absolute Gasteiger partial charge is 0.200 e. The van der Waals surface area contributed by atoms with Gasteiger partial charge in [0.1, 0.15) is 5.75 Å². The molecular weight excluding hydrogens is 322 g/mol. The lowest BCUT2D eigenvalue weighted by molar-refractivity contribution is 0.414. The first kappa shape index (κ1) is 16.7. The van der Waals surface area contributed by atoms with Crippen molar-refractivity contribution in [1.82, 2.24) is 9.55 Å². The van der Waals surface area contributed by atoms with Gasteiger partial charge in [0.05, 0.1) is 12.8 Å². The van der Waals surface area contributed by atoms with Crippen LogP contribution in [0.4, 0.5) is 5.95 Å². The van der Waals surface area contributed by atoms with Crippen molar-refractivity contribution >= 4 is 5.95 Å². The first-order valence-electron chi connectivity index (χ1n) is 9.15. The van der Waals surface area contributed by atoms with Crippen molar-refractivity contribution in [1.29, 1.82) is 0 Å². The molecule has 1 heterocycles. The average molecular weight is 347 g/mol. The van der Waals surface area contributed by atoms with Gasteiger partial charge in [0.15, 0.2) is 5.95 Å². The molecule has 0 aliphatic heterocycles. The quantitative estimate of drug-likeness (QED) is 0.725. The molecule has 0 spiro atoms. The molecular formula is C22H25N3O. The van der Waals surface area contributed by atoms with Crippen LogP contribution >= 0.6 is 0 Å². The molecule has 4 nitrogen and oxygen atoms in total. The summed E-state index contributed by atoms with van der Waals surface area (Å²) in [5.41, 5.74) is 11.0. The van der Waals surface area contributed by atoms with E-state index in [2.05, 4.69) is 41.4 Å². The molecule has 0 saturated heterocycles. The Morgan fingerprint density at radius 2 is 1.81 bits per heavy atom. The van der Waals surface area contributed by atoms with E-state index >= 15 is 0 Å². The Morgan fingerprint density at radius 1 is 1.12 bits per heavy atom. The lowest BCUT2D eigenvalue weighted by Gasteiger charge is -2.16. The molecule has 1 atom stereocenters. The van der Waals surface area contributed by atoms with Gasteiger partial charge in [-0.2, -0.15) is 0 Å². The summed E-state index contributed by atoms with van der Waals surface area (Å²) in [6.07, 6.45) is 5.60. The molecule has 1 aromatic heterocycles. The van der Waals surface area contributed by atoms with Gasteiger partial charge in [0.2, 0.25) is 0 Å². The van der Waals surface area contributed by atoms with Crippen LogP contribution in [0.2, 0.25) is 0 Å². The Morgan fingerprint density at radius 3 is 2.35 bits per heavy atom. The van der Waals surface area contributed by atoms with Gasteiger partial charge in [-0.3, -0.25) is 0 Å². The Labute approximate surface area is 154 Å². The van der Waals surface area contributed by atoms with Crippen LogP contribution in [0, 0.1) is 0 Å². The molecule has 4 rings (SSSR count). The van der Waals surface area contributed by atoms with Crippen molar-refractivity contribution in [3.8, 4) is 5.75 Å². The van der Waals surface area contributed by atoms with Crippen molar-refractivity contribution in [2.75, 3.05) is 12.8 Å². The maximum Gasteiger partial charge on any atom is 0.200 e. The summed E-state index contributed by atoms with van der Waals surface area (Å²) in [7, 11) is 3.62. The van der Waals surface area contributed by atoms with E-state index in [9.17, 15) is 0 Å². The van der Waals surface area contributed by atoms with Crippen LogP contribution in [0.25, 0.3) is 0 Å². The van der Waals surface area contributed by atoms with Crippen LogP contribution in [0.15, 0.2) is 54.7 Å². The van der Waals surface area contributed by atoms with E-state index in [1.165, 1.54) is 29.5 Å². The highest BCUT2D eigenvalue weighted by atomic mass is 16.5. The fourth-order valence-corrected chi connectivity index (χ4v) is 3.48. The van der Waals surface area contributed by atoms with Crippen LogP contribution in [0.3, 0.4) is 0 Å². The predicted molar refractivity (Wildman–Crippen MR) is 105 cm³/mol. The van der Waals surface area contributed by atoms with Gasteiger partial charge in [-0.05, 0) is 54.0 Å². The number of nitrogens with zero attached hydrogens (tertiary/aromatic N) is 2. The third kappa shape index (κ3) is 3.45.